The van der Waals surface area contributed by atoms with E-state index in [1.165, 1.54) is 23.6 Å². The van der Waals surface area contributed by atoms with E-state index in [1.54, 1.807) is 20.8 Å². The zero-order valence-corrected chi connectivity index (χ0v) is 15.9. The first kappa shape index (κ1) is 20.2. The summed E-state index contributed by atoms with van der Waals surface area (Å²) in [5.74, 6) is -1.93. The van der Waals surface area contributed by atoms with Gasteiger partial charge in [0.25, 0.3) is 0 Å². The van der Waals surface area contributed by atoms with Crippen molar-refractivity contribution in [3.05, 3.63) is 11.3 Å². The first-order valence-corrected chi connectivity index (χ1v) is 8.99. The predicted octanol–water partition coefficient (Wildman–Crippen LogP) is 0.136. The standard InChI is InChI=1S/C16H22N2O7S/c1-8(19)23-5-9-6-26-13-10(17)12(20)18(13)11(9)14(21)24-7-25-15(22)16(2,3)4/h10,13H,5-7,17H2,1-4H3/t10-,13-/m1/s1. The van der Waals surface area contributed by atoms with Crippen molar-refractivity contribution in [1.82, 2.24) is 4.90 Å². The molecule has 0 bridgehead atoms. The van der Waals surface area contributed by atoms with Crippen molar-refractivity contribution in [2.75, 3.05) is 19.2 Å². The average Bonchev–Trinajstić information content (AvgIpc) is 2.57. The van der Waals surface area contributed by atoms with Crippen LogP contribution in [0, 0.1) is 5.41 Å². The first-order chi connectivity index (χ1) is 12.0. The Morgan fingerprint density at radius 1 is 1.23 bits per heavy atom. The van der Waals surface area contributed by atoms with Crippen molar-refractivity contribution in [3.8, 4) is 0 Å². The number of hydrogen-bond donors (Lipinski definition) is 1. The highest BCUT2D eigenvalue weighted by atomic mass is 32.2. The summed E-state index contributed by atoms with van der Waals surface area (Å²) < 4.78 is 14.8. The highest BCUT2D eigenvalue weighted by Crippen LogP contribution is 2.39. The number of thioether (sulfide) groups is 1. The van der Waals surface area contributed by atoms with Crippen molar-refractivity contribution in [1.29, 1.82) is 0 Å². The van der Waals surface area contributed by atoms with Crippen LogP contribution in [0.25, 0.3) is 0 Å². The van der Waals surface area contributed by atoms with Crippen LogP contribution in [0.5, 0.6) is 0 Å². The van der Waals surface area contributed by atoms with Crippen molar-refractivity contribution in [2.45, 2.75) is 39.1 Å². The van der Waals surface area contributed by atoms with E-state index in [9.17, 15) is 19.2 Å². The third kappa shape index (κ3) is 4.18. The van der Waals surface area contributed by atoms with Crippen LogP contribution in [0.1, 0.15) is 27.7 Å². The molecule has 2 atom stereocenters. The maximum atomic E-state index is 12.5. The fraction of sp³-hybridized carbons (Fsp3) is 0.625. The van der Waals surface area contributed by atoms with Gasteiger partial charge in [-0.05, 0) is 20.8 Å². The highest BCUT2D eigenvalue weighted by Gasteiger charge is 2.52. The minimum absolute atomic E-state index is 0.00601. The summed E-state index contributed by atoms with van der Waals surface area (Å²) in [4.78, 5) is 48.5. The quantitative estimate of drug-likeness (QED) is 0.399. The molecule has 0 aromatic carbocycles. The monoisotopic (exact) mass is 386 g/mol. The second kappa shape index (κ2) is 7.67. The number of hydrogen-bond acceptors (Lipinski definition) is 9. The van der Waals surface area contributed by atoms with E-state index in [0.29, 0.717) is 11.3 Å². The number of carbonyl (C=O) groups excluding carboxylic acids is 4. The number of nitrogens with zero attached hydrogens (tertiary/aromatic N) is 1. The van der Waals surface area contributed by atoms with Gasteiger partial charge >= 0.3 is 17.9 Å². The summed E-state index contributed by atoms with van der Waals surface area (Å²) in [7, 11) is 0. The molecule has 2 N–H and O–H groups in total. The number of β-lactam (4-membered cyclic amide) rings is 1. The number of rotatable bonds is 5. The minimum Gasteiger partial charge on any atom is -0.461 e. The number of amides is 1. The Morgan fingerprint density at radius 2 is 1.88 bits per heavy atom. The normalized spacial score (nSPS) is 22.3. The maximum absolute atomic E-state index is 12.5. The molecule has 2 heterocycles. The van der Waals surface area contributed by atoms with Crippen LogP contribution in [0.3, 0.4) is 0 Å². The molecule has 0 aromatic rings. The first-order valence-electron chi connectivity index (χ1n) is 7.94. The molecule has 0 radical (unpaired) electrons. The van der Waals surface area contributed by atoms with Crippen molar-refractivity contribution >= 4 is 35.6 Å². The molecular weight excluding hydrogens is 364 g/mol. The van der Waals surface area contributed by atoms with Crippen LogP contribution in [0.2, 0.25) is 0 Å². The van der Waals surface area contributed by atoms with Gasteiger partial charge in [0.05, 0.1) is 5.41 Å². The van der Waals surface area contributed by atoms with Gasteiger partial charge in [-0.1, -0.05) is 0 Å². The largest absolute Gasteiger partial charge is 0.461 e. The molecular formula is C16H22N2O7S. The number of nitrogens with two attached hydrogens (primary N) is 1. The molecule has 2 rings (SSSR count). The van der Waals surface area contributed by atoms with Gasteiger partial charge in [0, 0.05) is 18.2 Å². The molecule has 0 aliphatic carbocycles. The topological polar surface area (TPSA) is 125 Å². The fourth-order valence-electron chi connectivity index (χ4n) is 2.29. The third-order valence-electron chi connectivity index (χ3n) is 3.72. The summed E-state index contributed by atoms with van der Waals surface area (Å²) in [6.45, 7) is 5.53. The average molecular weight is 386 g/mol. The molecule has 0 unspecified atom stereocenters. The molecule has 1 fully saturated rings. The number of carbonyl (C=O) groups is 4. The maximum Gasteiger partial charge on any atom is 0.358 e. The van der Waals surface area contributed by atoms with Gasteiger partial charge in [-0.2, -0.15) is 0 Å². The molecule has 0 aromatic heterocycles. The second-order valence-electron chi connectivity index (χ2n) is 6.90. The molecule has 1 saturated heterocycles. The summed E-state index contributed by atoms with van der Waals surface area (Å²) in [6.07, 6.45) is 0. The summed E-state index contributed by atoms with van der Waals surface area (Å²) in [5, 5.41) is -0.372. The van der Waals surface area contributed by atoms with Crippen LogP contribution in [-0.4, -0.2) is 59.3 Å². The van der Waals surface area contributed by atoms with Gasteiger partial charge in [-0.25, -0.2) is 4.79 Å². The van der Waals surface area contributed by atoms with Gasteiger partial charge in [0.1, 0.15) is 23.7 Å². The fourth-order valence-corrected chi connectivity index (χ4v) is 3.56. The lowest BCUT2D eigenvalue weighted by molar-refractivity contribution is -0.173. The van der Waals surface area contributed by atoms with Crippen LogP contribution < -0.4 is 5.73 Å². The van der Waals surface area contributed by atoms with Crippen LogP contribution in [0.15, 0.2) is 11.3 Å². The van der Waals surface area contributed by atoms with Crippen molar-refractivity contribution in [3.63, 3.8) is 0 Å². The zero-order valence-electron chi connectivity index (χ0n) is 15.1. The van der Waals surface area contributed by atoms with E-state index >= 15 is 0 Å². The highest BCUT2D eigenvalue weighted by molar-refractivity contribution is 8.00. The summed E-state index contributed by atoms with van der Waals surface area (Å²) >= 11 is 1.38. The van der Waals surface area contributed by atoms with E-state index in [1.807, 2.05) is 0 Å². The second-order valence-corrected chi connectivity index (χ2v) is 8.00. The van der Waals surface area contributed by atoms with Crippen LogP contribution in [-0.2, 0) is 33.4 Å². The lowest BCUT2D eigenvalue weighted by atomic mass is 9.98. The Labute approximate surface area is 155 Å². The van der Waals surface area contributed by atoms with Gasteiger partial charge in [0.15, 0.2) is 0 Å². The Balaban J connectivity index is 2.11. The SMILES string of the molecule is CC(=O)OCC1=C(C(=O)OCOC(=O)C(C)(C)C)N2C(=O)[C@@H](N)[C@H]2SC1. The Morgan fingerprint density at radius 3 is 2.46 bits per heavy atom. The Bertz CT molecular complexity index is 668. The minimum atomic E-state index is -0.834. The van der Waals surface area contributed by atoms with Gasteiger partial charge in [0.2, 0.25) is 12.7 Å². The molecule has 1 amide bonds. The summed E-state index contributed by atoms with van der Waals surface area (Å²) in [5.41, 5.74) is 5.45. The molecule has 10 heteroatoms. The molecule has 2 aliphatic heterocycles. The number of ether oxygens (including phenoxy) is 3. The molecule has 144 valence electrons. The predicted molar refractivity (Wildman–Crippen MR) is 91.2 cm³/mol. The molecule has 0 spiro atoms. The van der Waals surface area contributed by atoms with Gasteiger partial charge in [-0.15, -0.1) is 11.8 Å². The lowest BCUT2D eigenvalue weighted by Crippen LogP contribution is -2.68. The smallest absolute Gasteiger partial charge is 0.358 e. The zero-order chi connectivity index (χ0) is 19.6. The molecule has 9 nitrogen and oxygen atoms in total. The van der Waals surface area contributed by atoms with Crippen molar-refractivity contribution < 1.29 is 33.4 Å². The van der Waals surface area contributed by atoms with E-state index < -0.39 is 42.1 Å². The van der Waals surface area contributed by atoms with Crippen LogP contribution >= 0.6 is 11.8 Å². The van der Waals surface area contributed by atoms with Crippen molar-refractivity contribution in [2.24, 2.45) is 11.1 Å². The van der Waals surface area contributed by atoms with E-state index in [0.717, 1.165) is 0 Å². The van der Waals surface area contributed by atoms with E-state index in [-0.39, 0.29) is 17.7 Å². The van der Waals surface area contributed by atoms with E-state index in [2.05, 4.69) is 0 Å². The Kier molecular flexibility index (Phi) is 5.97. The molecule has 2 aliphatic rings. The number of esters is 3. The number of fused-ring (bicyclic) bond motifs is 1. The third-order valence-corrected chi connectivity index (χ3v) is 5.08. The summed E-state index contributed by atoms with van der Waals surface area (Å²) in [6, 6.07) is -0.697. The van der Waals surface area contributed by atoms with Gasteiger partial charge in [-0.3, -0.25) is 19.3 Å². The molecule has 0 saturated carbocycles. The lowest BCUT2D eigenvalue weighted by Gasteiger charge is -2.48. The van der Waals surface area contributed by atoms with Crippen LogP contribution in [0.4, 0.5) is 0 Å². The van der Waals surface area contributed by atoms with Gasteiger partial charge < -0.3 is 19.9 Å². The molecule has 26 heavy (non-hydrogen) atoms. The van der Waals surface area contributed by atoms with E-state index in [4.69, 9.17) is 19.9 Å². The Hall–Kier alpha value is -2.07.